The van der Waals surface area contributed by atoms with E-state index in [-0.39, 0.29) is 11.9 Å². The van der Waals surface area contributed by atoms with Crippen molar-refractivity contribution in [3.8, 4) is 0 Å². The lowest BCUT2D eigenvalue weighted by Crippen LogP contribution is -2.47. The van der Waals surface area contributed by atoms with E-state index < -0.39 is 5.60 Å². The number of rotatable bonds is 4. The second-order valence-corrected chi connectivity index (χ2v) is 6.09. The first kappa shape index (κ1) is 14.8. The van der Waals surface area contributed by atoms with Crippen molar-refractivity contribution >= 4 is 5.97 Å². The number of nitrogens with zero attached hydrogens (tertiary/aromatic N) is 1. The lowest BCUT2D eigenvalue weighted by atomic mass is 9.84. The van der Waals surface area contributed by atoms with Gasteiger partial charge in [0.25, 0.3) is 0 Å². The molecule has 0 amide bonds. The normalized spacial score (nSPS) is 25.2. The molecule has 4 nitrogen and oxygen atoms in total. The van der Waals surface area contributed by atoms with Crippen molar-refractivity contribution in [2.45, 2.75) is 57.5 Å². The van der Waals surface area contributed by atoms with E-state index in [0.29, 0.717) is 6.61 Å². The fourth-order valence-corrected chi connectivity index (χ4v) is 3.37. The van der Waals surface area contributed by atoms with E-state index in [0.717, 1.165) is 58.2 Å². The SMILES string of the molecule is CCOC(=O)C1CCN(CC2(O)CCCCC2)CC1. The second-order valence-electron chi connectivity index (χ2n) is 6.09. The van der Waals surface area contributed by atoms with Gasteiger partial charge in [-0.1, -0.05) is 19.3 Å². The monoisotopic (exact) mass is 269 g/mol. The van der Waals surface area contributed by atoms with Gasteiger partial charge in [-0.15, -0.1) is 0 Å². The maximum atomic E-state index is 11.7. The molecule has 0 bridgehead atoms. The van der Waals surface area contributed by atoms with Gasteiger partial charge in [0.2, 0.25) is 0 Å². The molecule has 0 aromatic rings. The molecular weight excluding hydrogens is 242 g/mol. The van der Waals surface area contributed by atoms with Crippen LogP contribution < -0.4 is 0 Å². The van der Waals surface area contributed by atoms with Gasteiger partial charge in [0.1, 0.15) is 0 Å². The van der Waals surface area contributed by atoms with Crippen LogP contribution in [0.4, 0.5) is 0 Å². The zero-order valence-electron chi connectivity index (χ0n) is 12.1. The number of likely N-dealkylation sites (tertiary alicyclic amines) is 1. The van der Waals surface area contributed by atoms with E-state index in [2.05, 4.69) is 4.90 Å². The van der Waals surface area contributed by atoms with Gasteiger partial charge in [-0.05, 0) is 45.7 Å². The standard InChI is InChI=1S/C15H27NO3/c1-2-19-14(17)13-6-10-16(11-7-13)12-15(18)8-4-3-5-9-15/h13,18H,2-12H2,1H3. The van der Waals surface area contributed by atoms with Crippen molar-refractivity contribution < 1.29 is 14.6 Å². The number of hydrogen-bond acceptors (Lipinski definition) is 4. The molecule has 2 aliphatic rings. The molecule has 110 valence electrons. The van der Waals surface area contributed by atoms with E-state index in [1.165, 1.54) is 6.42 Å². The van der Waals surface area contributed by atoms with Gasteiger partial charge in [0.15, 0.2) is 0 Å². The Morgan fingerprint density at radius 2 is 1.89 bits per heavy atom. The van der Waals surface area contributed by atoms with Crippen LogP contribution in [0.1, 0.15) is 51.9 Å². The summed E-state index contributed by atoms with van der Waals surface area (Å²) in [5.41, 5.74) is -0.477. The Morgan fingerprint density at radius 1 is 1.26 bits per heavy atom. The number of β-amino-alcohol motifs (C(OH)–C–C–N with tert-alkyl or cyclic N) is 1. The van der Waals surface area contributed by atoms with Crippen LogP contribution in [-0.2, 0) is 9.53 Å². The van der Waals surface area contributed by atoms with Gasteiger partial charge in [0, 0.05) is 6.54 Å². The third-order valence-corrected chi connectivity index (χ3v) is 4.51. The molecule has 0 aromatic heterocycles. The summed E-state index contributed by atoms with van der Waals surface area (Å²) in [6.45, 7) is 4.92. The maximum absolute atomic E-state index is 11.7. The summed E-state index contributed by atoms with van der Waals surface area (Å²) in [7, 11) is 0. The van der Waals surface area contributed by atoms with Crippen LogP contribution in [0.5, 0.6) is 0 Å². The summed E-state index contributed by atoms with van der Waals surface area (Å²) in [5.74, 6) is 0.0238. The highest BCUT2D eigenvalue weighted by Gasteiger charge is 2.33. The van der Waals surface area contributed by atoms with E-state index in [1.807, 2.05) is 6.92 Å². The first-order valence-electron chi connectivity index (χ1n) is 7.74. The van der Waals surface area contributed by atoms with Gasteiger partial charge >= 0.3 is 5.97 Å². The fourth-order valence-electron chi connectivity index (χ4n) is 3.37. The molecule has 1 aliphatic carbocycles. The van der Waals surface area contributed by atoms with Gasteiger partial charge < -0.3 is 14.7 Å². The molecule has 1 aliphatic heterocycles. The van der Waals surface area contributed by atoms with Crippen molar-refractivity contribution in [2.75, 3.05) is 26.2 Å². The zero-order chi connectivity index (χ0) is 13.7. The first-order valence-corrected chi connectivity index (χ1v) is 7.74. The van der Waals surface area contributed by atoms with Crippen LogP contribution in [0.25, 0.3) is 0 Å². The quantitative estimate of drug-likeness (QED) is 0.793. The van der Waals surface area contributed by atoms with E-state index in [1.54, 1.807) is 0 Å². The summed E-state index contributed by atoms with van der Waals surface area (Å²) >= 11 is 0. The molecule has 4 heteroatoms. The third-order valence-electron chi connectivity index (χ3n) is 4.51. The van der Waals surface area contributed by atoms with Gasteiger partial charge in [0.05, 0.1) is 18.1 Å². The molecule has 1 N–H and O–H groups in total. The van der Waals surface area contributed by atoms with Crippen LogP contribution in [0.2, 0.25) is 0 Å². The minimum absolute atomic E-state index is 0.0430. The Bertz CT molecular complexity index is 292. The number of aliphatic hydroxyl groups is 1. The molecule has 19 heavy (non-hydrogen) atoms. The largest absolute Gasteiger partial charge is 0.466 e. The van der Waals surface area contributed by atoms with Crippen molar-refractivity contribution in [1.82, 2.24) is 4.90 Å². The molecule has 0 spiro atoms. The highest BCUT2D eigenvalue weighted by molar-refractivity contribution is 5.72. The second kappa shape index (κ2) is 6.71. The van der Waals surface area contributed by atoms with E-state index >= 15 is 0 Å². The highest BCUT2D eigenvalue weighted by Crippen LogP contribution is 2.30. The van der Waals surface area contributed by atoms with Crippen molar-refractivity contribution in [1.29, 1.82) is 0 Å². The molecule has 0 radical (unpaired) electrons. The average Bonchev–Trinajstić information content (AvgIpc) is 2.40. The highest BCUT2D eigenvalue weighted by atomic mass is 16.5. The molecule has 0 unspecified atom stereocenters. The summed E-state index contributed by atoms with van der Waals surface area (Å²) in [4.78, 5) is 14.0. The molecule has 2 fully saturated rings. The number of piperidine rings is 1. The fraction of sp³-hybridized carbons (Fsp3) is 0.933. The van der Waals surface area contributed by atoms with Gasteiger partial charge in [-0.2, -0.15) is 0 Å². The Labute approximate surface area is 116 Å². The van der Waals surface area contributed by atoms with Crippen LogP contribution >= 0.6 is 0 Å². The molecule has 2 rings (SSSR count). The van der Waals surface area contributed by atoms with E-state index in [4.69, 9.17) is 4.74 Å². The lowest BCUT2D eigenvalue weighted by Gasteiger charge is -2.39. The number of esters is 1. The summed E-state index contributed by atoms with van der Waals surface area (Å²) in [6, 6.07) is 0. The first-order chi connectivity index (χ1) is 9.13. The Kier molecular flexibility index (Phi) is 5.22. The van der Waals surface area contributed by atoms with Crippen molar-refractivity contribution in [3.05, 3.63) is 0 Å². The van der Waals surface area contributed by atoms with Crippen LogP contribution in [0.3, 0.4) is 0 Å². The topological polar surface area (TPSA) is 49.8 Å². The Hall–Kier alpha value is -0.610. The molecule has 0 aromatic carbocycles. The average molecular weight is 269 g/mol. The van der Waals surface area contributed by atoms with Crippen molar-refractivity contribution in [2.24, 2.45) is 5.92 Å². The molecular formula is C15H27NO3. The van der Waals surface area contributed by atoms with Crippen LogP contribution in [0, 0.1) is 5.92 Å². The number of ether oxygens (including phenoxy) is 1. The predicted molar refractivity (Wildman–Crippen MR) is 73.8 cm³/mol. The number of hydrogen-bond donors (Lipinski definition) is 1. The molecule has 1 saturated carbocycles. The minimum Gasteiger partial charge on any atom is -0.466 e. The maximum Gasteiger partial charge on any atom is 0.309 e. The van der Waals surface area contributed by atoms with E-state index in [9.17, 15) is 9.90 Å². The third kappa shape index (κ3) is 4.18. The van der Waals surface area contributed by atoms with Crippen LogP contribution in [-0.4, -0.2) is 47.8 Å². The van der Waals surface area contributed by atoms with Crippen LogP contribution in [0.15, 0.2) is 0 Å². The number of carbonyl (C=O) groups is 1. The van der Waals surface area contributed by atoms with Gasteiger partial charge in [-0.25, -0.2) is 0 Å². The van der Waals surface area contributed by atoms with Crippen molar-refractivity contribution in [3.63, 3.8) is 0 Å². The zero-order valence-corrected chi connectivity index (χ0v) is 12.1. The lowest BCUT2D eigenvalue weighted by molar-refractivity contribution is -0.149. The predicted octanol–water partition coefficient (Wildman–Crippen LogP) is 1.96. The van der Waals surface area contributed by atoms with Gasteiger partial charge in [-0.3, -0.25) is 4.79 Å². The Morgan fingerprint density at radius 3 is 2.47 bits per heavy atom. The minimum atomic E-state index is -0.477. The summed E-state index contributed by atoms with van der Waals surface area (Å²) in [5, 5.41) is 10.5. The molecule has 1 saturated heterocycles. The summed E-state index contributed by atoms with van der Waals surface area (Å²) in [6.07, 6.45) is 7.16. The summed E-state index contributed by atoms with van der Waals surface area (Å²) < 4.78 is 5.08. The molecule has 1 heterocycles. The number of carbonyl (C=O) groups excluding carboxylic acids is 1. The molecule has 0 atom stereocenters. The Balaban J connectivity index is 1.75. The smallest absolute Gasteiger partial charge is 0.309 e.